The van der Waals surface area contributed by atoms with Crippen molar-refractivity contribution in [1.29, 1.82) is 0 Å². The maximum atomic E-state index is 2.53. The van der Waals surface area contributed by atoms with Gasteiger partial charge in [0.05, 0.1) is 22.1 Å². The predicted molar refractivity (Wildman–Crippen MR) is 290 cm³/mol. The van der Waals surface area contributed by atoms with Crippen molar-refractivity contribution in [2.24, 2.45) is 0 Å². The van der Waals surface area contributed by atoms with Crippen molar-refractivity contribution in [3.63, 3.8) is 0 Å². The van der Waals surface area contributed by atoms with E-state index < -0.39 is 5.41 Å². The highest BCUT2D eigenvalue weighted by Gasteiger charge is 2.51. The highest BCUT2D eigenvalue weighted by atomic mass is 15.1. The second kappa shape index (κ2) is 14.5. The molecule has 0 atom stereocenters. The number of anilines is 3. The summed E-state index contributed by atoms with van der Waals surface area (Å²) in [4.78, 5) is 2.53. The molecule has 0 bridgehead atoms. The molecule has 2 heteroatoms. The van der Waals surface area contributed by atoms with Gasteiger partial charge in [0.2, 0.25) is 0 Å². The Labute approximate surface area is 400 Å². The molecule has 1 heterocycles. The molecule has 0 saturated carbocycles. The van der Waals surface area contributed by atoms with E-state index in [9.17, 15) is 0 Å². The third-order valence-electron chi connectivity index (χ3n) is 15.4. The second-order valence-electron chi connectivity index (χ2n) is 18.7. The van der Waals surface area contributed by atoms with E-state index in [1.54, 1.807) is 0 Å². The molecule has 2 aliphatic carbocycles. The van der Waals surface area contributed by atoms with Gasteiger partial charge in [-0.1, -0.05) is 200 Å². The van der Waals surface area contributed by atoms with Crippen molar-refractivity contribution >= 4 is 71.2 Å². The molecule has 0 unspecified atom stereocenters. The molecular formula is C67H42N2. The summed E-state index contributed by atoms with van der Waals surface area (Å²) >= 11 is 0. The fourth-order valence-electron chi connectivity index (χ4n) is 12.7. The first-order valence-electron chi connectivity index (χ1n) is 24.0. The number of benzene rings is 12. The Morgan fingerprint density at radius 1 is 0.275 bits per heavy atom. The van der Waals surface area contributed by atoms with E-state index in [1.807, 2.05) is 0 Å². The minimum atomic E-state index is -0.425. The van der Waals surface area contributed by atoms with Gasteiger partial charge in [-0.25, -0.2) is 0 Å². The maximum Gasteiger partial charge on any atom is 0.0725 e. The van der Waals surface area contributed by atoms with Gasteiger partial charge in [-0.3, -0.25) is 0 Å². The third-order valence-corrected chi connectivity index (χ3v) is 15.4. The molecule has 1 aromatic heterocycles. The topological polar surface area (TPSA) is 8.17 Å². The van der Waals surface area contributed by atoms with E-state index in [1.165, 1.54) is 110 Å². The summed E-state index contributed by atoms with van der Waals surface area (Å²) in [6.45, 7) is 0. The fourth-order valence-corrected chi connectivity index (χ4v) is 12.7. The molecule has 12 aromatic carbocycles. The third kappa shape index (κ3) is 5.20. The Morgan fingerprint density at radius 2 is 0.725 bits per heavy atom. The summed E-state index contributed by atoms with van der Waals surface area (Å²) in [5, 5.41) is 10.0. The van der Waals surface area contributed by atoms with Gasteiger partial charge in [0.15, 0.2) is 0 Å². The summed E-state index contributed by atoms with van der Waals surface area (Å²) in [7, 11) is 0. The van der Waals surface area contributed by atoms with Crippen LogP contribution in [0.1, 0.15) is 22.3 Å². The van der Waals surface area contributed by atoms with Crippen molar-refractivity contribution in [2.75, 3.05) is 4.90 Å². The lowest BCUT2D eigenvalue weighted by molar-refractivity contribution is 0.794. The Hall–Kier alpha value is -8.98. The molecule has 0 N–H and O–H groups in total. The minimum Gasteiger partial charge on any atom is -0.310 e. The van der Waals surface area contributed by atoms with Gasteiger partial charge < -0.3 is 9.47 Å². The first kappa shape index (κ1) is 38.2. The lowest BCUT2D eigenvalue weighted by Crippen LogP contribution is -2.25. The number of nitrogens with zero attached hydrogens (tertiary/aromatic N) is 2. The van der Waals surface area contributed by atoms with Crippen molar-refractivity contribution < 1.29 is 0 Å². The molecule has 2 aliphatic rings. The number of para-hydroxylation sites is 3. The van der Waals surface area contributed by atoms with Crippen LogP contribution in [-0.2, 0) is 5.41 Å². The molecule has 13 aromatic rings. The van der Waals surface area contributed by atoms with Crippen molar-refractivity contribution in [3.8, 4) is 39.1 Å². The molecule has 2 nitrogen and oxygen atoms in total. The first-order valence-corrected chi connectivity index (χ1v) is 24.0. The van der Waals surface area contributed by atoms with Crippen molar-refractivity contribution in [3.05, 3.63) is 277 Å². The van der Waals surface area contributed by atoms with E-state index >= 15 is 0 Å². The molecule has 0 saturated heterocycles. The van der Waals surface area contributed by atoms with Gasteiger partial charge >= 0.3 is 0 Å². The number of hydrogen-bond donors (Lipinski definition) is 0. The van der Waals surface area contributed by atoms with E-state index in [2.05, 4.69) is 264 Å². The molecular weight excluding hydrogens is 833 g/mol. The summed E-state index contributed by atoms with van der Waals surface area (Å²) in [5.74, 6) is 0. The fraction of sp³-hybridized carbons (Fsp3) is 0.0149. The van der Waals surface area contributed by atoms with Crippen LogP contribution < -0.4 is 4.90 Å². The van der Waals surface area contributed by atoms with Gasteiger partial charge in [-0.15, -0.1) is 0 Å². The summed E-state index contributed by atoms with van der Waals surface area (Å²) in [5.41, 5.74) is 19.3. The molecule has 0 aliphatic heterocycles. The quantitative estimate of drug-likeness (QED) is 0.156. The SMILES string of the molecule is c1ccc(-n2c3ccccc3c3c(-c4ccccc4N(c4ccc5c(c4)-c4ccccc4C54c5ccccc5-c5ccccc54)c4ccc5c6ccccc6c6ccccc6c5c4)cccc32)cc1. The Balaban J connectivity index is 1.02. The summed E-state index contributed by atoms with van der Waals surface area (Å²) < 4.78 is 2.42. The van der Waals surface area contributed by atoms with Crippen LogP contribution in [0.4, 0.5) is 17.1 Å². The highest BCUT2D eigenvalue weighted by molar-refractivity contribution is 6.26. The first-order chi connectivity index (χ1) is 34.3. The molecule has 0 amide bonds. The van der Waals surface area contributed by atoms with E-state index in [-0.39, 0.29) is 0 Å². The molecule has 0 fully saturated rings. The zero-order valence-corrected chi connectivity index (χ0v) is 37.6. The zero-order chi connectivity index (χ0) is 45.2. The summed E-state index contributed by atoms with van der Waals surface area (Å²) in [6.07, 6.45) is 0. The minimum absolute atomic E-state index is 0.425. The standard InChI is InChI=1S/C67H42N2/c1-2-19-43(20-3-1)69-64-35-17-12-29-56(64)66-55(30-18-36-65(66)69)54-28-11-16-34-63(54)68(44-37-39-50-48-23-5-4-21-46(48)47-22-6-7-24-49(47)57(50)41-44)45-38-40-62-58(42-45)53-27-10-15-33-61(53)67(62)59-31-13-8-25-51(59)52-26-9-14-32-60(52)67/h1-42H. The van der Waals surface area contributed by atoms with Gasteiger partial charge in [-0.2, -0.15) is 0 Å². The largest absolute Gasteiger partial charge is 0.310 e. The number of rotatable bonds is 5. The number of hydrogen-bond acceptors (Lipinski definition) is 1. The van der Waals surface area contributed by atoms with Crippen molar-refractivity contribution in [2.45, 2.75) is 5.41 Å². The van der Waals surface area contributed by atoms with Gasteiger partial charge in [-0.05, 0) is 137 Å². The Kier molecular flexibility index (Phi) is 8.02. The monoisotopic (exact) mass is 874 g/mol. The molecule has 320 valence electrons. The van der Waals surface area contributed by atoms with Gasteiger partial charge in [0.25, 0.3) is 0 Å². The van der Waals surface area contributed by atoms with E-state index in [0.717, 1.165) is 22.7 Å². The lowest BCUT2D eigenvalue weighted by Gasteiger charge is -2.31. The average Bonchev–Trinajstić information content (AvgIpc) is 4.03. The smallest absolute Gasteiger partial charge is 0.0725 e. The van der Waals surface area contributed by atoms with Gasteiger partial charge in [0, 0.05) is 33.4 Å². The van der Waals surface area contributed by atoms with Crippen LogP contribution in [0.15, 0.2) is 255 Å². The Morgan fingerprint density at radius 3 is 1.39 bits per heavy atom. The Bertz CT molecular complexity index is 4190. The van der Waals surface area contributed by atoms with Crippen LogP contribution in [0, 0.1) is 0 Å². The van der Waals surface area contributed by atoms with Crippen LogP contribution in [0.2, 0.25) is 0 Å². The summed E-state index contributed by atoms with van der Waals surface area (Å²) in [6, 6.07) is 95.0. The van der Waals surface area contributed by atoms with Crippen LogP contribution >= 0.6 is 0 Å². The zero-order valence-electron chi connectivity index (χ0n) is 37.6. The van der Waals surface area contributed by atoms with Crippen LogP contribution in [0.25, 0.3) is 93.2 Å². The average molecular weight is 875 g/mol. The number of aromatic nitrogens is 1. The van der Waals surface area contributed by atoms with Gasteiger partial charge in [0.1, 0.15) is 0 Å². The van der Waals surface area contributed by atoms with E-state index in [4.69, 9.17) is 0 Å². The van der Waals surface area contributed by atoms with E-state index in [0.29, 0.717) is 0 Å². The lowest BCUT2D eigenvalue weighted by atomic mass is 9.70. The second-order valence-corrected chi connectivity index (χ2v) is 18.7. The van der Waals surface area contributed by atoms with Crippen LogP contribution in [0.3, 0.4) is 0 Å². The van der Waals surface area contributed by atoms with Crippen molar-refractivity contribution in [1.82, 2.24) is 4.57 Å². The molecule has 15 rings (SSSR count). The maximum absolute atomic E-state index is 2.53. The van der Waals surface area contributed by atoms with Crippen LogP contribution in [-0.4, -0.2) is 4.57 Å². The predicted octanol–water partition coefficient (Wildman–Crippen LogP) is 17.7. The normalized spacial score (nSPS) is 13.0. The number of fused-ring (bicyclic) bond motifs is 19. The molecule has 1 spiro atoms. The molecule has 69 heavy (non-hydrogen) atoms. The molecule has 0 radical (unpaired) electrons. The van der Waals surface area contributed by atoms with Crippen LogP contribution in [0.5, 0.6) is 0 Å². The highest BCUT2D eigenvalue weighted by Crippen LogP contribution is 2.63.